The molecule has 0 aromatic heterocycles. The molecule has 6 nitrogen and oxygen atoms in total. The first-order chi connectivity index (χ1) is 13.9. The summed E-state index contributed by atoms with van der Waals surface area (Å²) in [5.74, 6) is 0.686. The lowest BCUT2D eigenvalue weighted by Crippen LogP contribution is -2.39. The topological polar surface area (TPSA) is 75.7 Å². The molecule has 2 aromatic carbocycles. The zero-order valence-electron chi connectivity index (χ0n) is 16.3. The molecule has 156 valence electrons. The third kappa shape index (κ3) is 5.50. The first kappa shape index (κ1) is 21.6. The zero-order valence-corrected chi connectivity index (χ0v) is 17.9. The number of nitrogens with one attached hydrogen (secondary N) is 1. The van der Waals surface area contributed by atoms with Crippen LogP contribution in [0.4, 0.5) is 0 Å². The van der Waals surface area contributed by atoms with Crippen LogP contribution in [0.3, 0.4) is 0 Å². The van der Waals surface area contributed by atoms with Crippen molar-refractivity contribution in [1.29, 1.82) is 0 Å². The highest BCUT2D eigenvalue weighted by Gasteiger charge is 2.25. The Morgan fingerprint density at radius 3 is 2.52 bits per heavy atom. The molecule has 1 aliphatic heterocycles. The number of rotatable bonds is 7. The van der Waals surface area contributed by atoms with Crippen LogP contribution < -0.4 is 9.46 Å². The van der Waals surface area contributed by atoms with Crippen LogP contribution in [0.15, 0.2) is 53.4 Å². The Labute approximate surface area is 176 Å². The molecule has 1 aliphatic rings. The average Bonchev–Trinajstić information content (AvgIpc) is 2.74. The van der Waals surface area contributed by atoms with Crippen LogP contribution in [0, 0.1) is 5.92 Å². The van der Waals surface area contributed by atoms with Gasteiger partial charge in [-0.1, -0.05) is 29.8 Å². The second kappa shape index (κ2) is 9.61. The van der Waals surface area contributed by atoms with E-state index in [0.29, 0.717) is 36.1 Å². The lowest BCUT2D eigenvalue weighted by Gasteiger charge is -2.32. The van der Waals surface area contributed by atoms with Gasteiger partial charge in [0.15, 0.2) is 0 Å². The van der Waals surface area contributed by atoms with E-state index in [1.807, 2.05) is 35.2 Å². The molecule has 8 heteroatoms. The van der Waals surface area contributed by atoms with Crippen LogP contribution in [0.25, 0.3) is 0 Å². The number of methoxy groups -OCH3 is 1. The second-order valence-corrected chi connectivity index (χ2v) is 9.26. The molecule has 29 heavy (non-hydrogen) atoms. The number of hydrogen-bond acceptors (Lipinski definition) is 4. The third-order valence-electron chi connectivity index (χ3n) is 5.18. The van der Waals surface area contributed by atoms with Crippen LogP contribution in [0.2, 0.25) is 5.02 Å². The number of benzene rings is 2. The van der Waals surface area contributed by atoms with Crippen molar-refractivity contribution in [3.05, 3.63) is 59.1 Å². The van der Waals surface area contributed by atoms with Crippen LogP contribution in [0.1, 0.15) is 29.6 Å². The van der Waals surface area contributed by atoms with Gasteiger partial charge in [0.1, 0.15) is 10.6 Å². The minimum absolute atomic E-state index is 0.0378. The van der Waals surface area contributed by atoms with Crippen LogP contribution in [-0.2, 0) is 10.0 Å². The Kier molecular flexibility index (Phi) is 7.16. The van der Waals surface area contributed by atoms with Crippen molar-refractivity contribution in [1.82, 2.24) is 9.62 Å². The monoisotopic (exact) mass is 436 g/mol. The predicted molar refractivity (Wildman–Crippen MR) is 113 cm³/mol. The summed E-state index contributed by atoms with van der Waals surface area (Å²) in [6.07, 6.45) is 2.44. The Balaban J connectivity index is 1.50. The summed E-state index contributed by atoms with van der Waals surface area (Å²) in [5, 5.41) is 0.335. The highest BCUT2D eigenvalue weighted by Crippen LogP contribution is 2.27. The van der Waals surface area contributed by atoms with Gasteiger partial charge in [-0.3, -0.25) is 4.79 Å². The molecule has 0 unspecified atom stereocenters. The number of likely N-dealkylation sites (tertiary alicyclic amines) is 1. The summed E-state index contributed by atoms with van der Waals surface area (Å²) in [5.41, 5.74) is 0.703. The smallest absolute Gasteiger partial charge is 0.253 e. The van der Waals surface area contributed by atoms with Crippen molar-refractivity contribution in [2.75, 3.05) is 26.7 Å². The summed E-state index contributed by atoms with van der Waals surface area (Å²) in [7, 11) is -2.29. The van der Waals surface area contributed by atoms with Gasteiger partial charge < -0.3 is 9.64 Å². The lowest BCUT2D eigenvalue weighted by atomic mass is 9.93. The number of sulfonamides is 1. The van der Waals surface area contributed by atoms with Crippen molar-refractivity contribution in [3.63, 3.8) is 0 Å². The van der Waals surface area contributed by atoms with Gasteiger partial charge in [-0.25, -0.2) is 13.1 Å². The average molecular weight is 437 g/mol. The molecule has 1 amide bonds. The summed E-state index contributed by atoms with van der Waals surface area (Å²) in [4.78, 5) is 14.4. The molecule has 1 fully saturated rings. The van der Waals surface area contributed by atoms with Gasteiger partial charge in [0.25, 0.3) is 5.91 Å². The van der Waals surface area contributed by atoms with E-state index in [1.54, 1.807) is 6.07 Å². The molecule has 0 saturated carbocycles. The molecule has 1 saturated heterocycles. The van der Waals surface area contributed by atoms with Crippen molar-refractivity contribution >= 4 is 27.5 Å². The maximum absolute atomic E-state index is 12.6. The number of amides is 1. The number of ether oxygens (including phenoxy) is 1. The van der Waals surface area contributed by atoms with Gasteiger partial charge in [-0.2, -0.15) is 0 Å². The first-order valence-electron chi connectivity index (χ1n) is 9.58. The number of nitrogens with zero attached hydrogens (tertiary/aromatic N) is 1. The van der Waals surface area contributed by atoms with E-state index in [0.717, 1.165) is 19.3 Å². The summed E-state index contributed by atoms with van der Waals surface area (Å²) < 4.78 is 33.0. The zero-order chi connectivity index (χ0) is 20.9. The Morgan fingerprint density at radius 1 is 1.17 bits per heavy atom. The Morgan fingerprint density at radius 2 is 1.86 bits per heavy atom. The predicted octanol–water partition coefficient (Wildman–Crippen LogP) is 3.57. The van der Waals surface area contributed by atoms with Crippen molar-refractivity contribution in [2.45, 2.75) is 24.2 Å². The fraction of sp³-hybridized carbons (Fsp3) is 0.381. The van der Waals surface area contributed by atoms with Crippen LogP contribution in [0.5, 0.6) is 5.75 Å². The minimum atomic E-state index is -3.71. The maximum Gasteiger partial charge on any atom is 0.253 e. The van der Waals surface area contributed by atoms with Crippen molar-refractivity contribution in [3.8, 4) is 5.75 Å². The fourth-order valence-corrected chi connectivity index (χ4v) is 5.00. The number of piperidine rings is 1. The normalized spacial score (nSPS) is 15.3. The maximum atomic E-state index is 12.6. The quantitative estimate of drug-likeness (QED) is 0.719. The molecular weight excluding hydrogens is 412 g/mol. The van der Waals surface area contributed by atoms with Gasteiger partial charge in [-0.15, -0.1) is 0 Å². The van der Waals surface area contributed by atoms with Gasteiger partial charge in [0, 0.05) is 30.2 Å². The molecule has 1 heterocycles. The van der Waals surface area contributed by atoms with Gasteiger partial charge in [0.2, 0.25) is 10.0 Å². The van der Waals surface area contributed by atoms with Gasteiger partial charge in [-0.05, 0) is 55.5 Å². The lowest BCUT2D eigenvalue weighted by molar-refractivity contribution is 0.0687. The van der Waals surface area contributed by atoms with Crippen LogP contribution in [-0.4, -0.2) is 46.0 Å². The summed E-state index contributed by atoms with van der Waals surface area (Å²) in [6, 6.07) is 13.8. The summed E-state index contributed by atoms with van der Waals surface area (Å²) >= 11 is 5.94. The van der Waals surface area contributed by atoms with E-state index in [2.05, 4.69) is 4.72 Å². The second-order valence-electron chi connectivity index (χ2n) is 7.08. The molecule has 0 aliphatic carbocycles. The highest BCUT2D eigenvalue weighted by atomic mass is 35.5. The molecule has 0 radical (unpaired) electrons. The first-order valence-corrected chi connectivity index (χ1v) is 11.4. The van der Waals surface area contributed by atoms with Crippen molar-refractivity contribution in [2.24, 2.45) is 5.92 Å². The number of halogens is 1. The minimum Gasteiger partial charge on any atom is -0.495 e. The van der Waals surface area contributed by atoms with Crippen LogP contribution >= 0.6 is 11.6 Å². The van der Waals surface area contributed by atoms with Gasteiger partial charge >= 0.3 is 0 Å². The number of carbonyl (C=O) groups is 1. The molecule has 0 bridgehead atoms. The molecular formula is C21H25ClN2O4S. The van der Waals surface area contributed by atoms with Crippen molar-refractivity contribution < 1.29 is 17.9 Å². The molecule has 3 rings (SSSR count). The highest BCUT2D eigenvalue weighted by molar-refractivity contribution is 7.89. The van der Waals surface area contributed by atoms with E-state index in [9.17, 15) is 13.2 Å². The third-order valence-corrected chi connectivity index (χ3v) is 6.90. The summed E-state index contributed by atoms with van der Waals surface area (Å²) in [6.45, 7) is 1.70. The van der Waals surface area contributed by atoms with E-state index in [4.69, 9.17) is 16.3 Å². The van der Waals surface area contributed by atoms with E-state index in [1.165, 1.54) is 19.2 Å². The Bertz CT molecular complexity index is 942. The largest absolute Gasteiger partial charge is 0.495 e. The van der Waals surface area contributed by atoms with E-state index >= 15 is 0 Å². The molecule has 0 atom stereocenters. The number of hydrogen-bond donors (Lipinski definition) is 1. The fourth-order valence-electron chi connectivity index (χ4n) is 3.52. The molecule has 2 aromatic rings. The standard InChI is InChI=1S/C21H25ClN2O4S/c1-28-19-8-7-18(22)15-20(19)29(26,27)23-12-9-16-10-13-24(14-11-16)21(25)17-5-3-2-4-6-17/h2-8,15-16,23H,9-14H2,1H3. The van der Waals surface area contributed by atoms with E-state index < -0.39 is 10.0 Å². The van der Waals surface area contributed by atoms with E-state index in [-0.39, 0.29) is 16.6 Å². The molecule has 1 N–H and O–H groups in total. The van der Waals surface area contributed by atoms with Gasteiger partial charge in [0.05, 0.1) is 7.11 Å². The Hall–Kier alpha value is -2.09. The molecule has 0 spiro atoms. The SMILES string of the molecule is COc1ccc(Cl)cc1S(=O)(=O)NCCC1CCN(C(=O)c2ccccc2)CC1. The number of carbonyl (C=O) groups excluding carboxylic acids is 1.